The van der Waals surface area contributed by atoms with Crippen molar-refractivity contribution in [2.45, 2.75) is 0 Å². The second-order valence-electron chi connectivity index (χ2n) is 13.9. The lowest BCUT2D eigenvalue weighted by Gasteiger charge is -2.18. The highest BCUT2D eigenvalue weighted by atomic mass is 15.1. The van der Waals surface area contributed by atoms with Gasteiger partial charge in [0.25, 0.3) is 0 Å². The van der Waals surface area contributed by atoms with Crippen molar-refractivity contribution in [1.29, 1.82) is 0 Å². The minimum atomic E-state index is 0.932. The standard InChI is InChI=1S/C53H36N2/c1-5-17-39(18-6-1)49(40-19-7-2-8-20-40)50(41-21-9-3-10-22-41)42-31-29-37(30-32-42)38-33-35-44(36-34-38)55-52-48-28-16-14-26-46(48)45-25-13-15-27-47(45)51(52)54-53(55)43-23-11-4-12-24-43/h1-36H. The van der Waals surface area contributed by atoms with Gasteiger partial charge in [0.05, 0.1) is 11.0 Å². The van der Waals surface area contributed by atoms with Gasteiger partial charge in [-0.25, -0.2) is 4.98 Å². The van der Waals surface area contributed by atoms with Crippen LogP contribution in [0.4, 0.5) is 0 Å². The molecule has 0 unspecified atom stereocenters. The maximum atomic E-state index is 5.39. The Hall–Kier alpha value is -7.29. The molecular formula is C53H36N2. The third-order valence-corrected chi connectivity index (χ3v) is 10.6. The summed E-state index contributed by atoms with van der Waals surface area (Å²) in [6.07, 6.45) is 0. The van der Waals surface area contributed by atoms with E-state index in [4.69, 9.17) is 4.98 Å². The van der Waals surface area contributed by atoms with Crippen molar-refractivity contribution in [2.24, 2.45) is 0 Å². The van der Waals surface area contributed by atoms with Gasteiger partial charge < -0.3 is 0 Å². The third kappa shape index (κ3) is 5.82. The van der Waals surface area contributed by atoms with Crippen LogP contribution in [-0.2, 0) is 0 Å². The Bertz CT molecular complexity index is 2920. The van der Waals surface area contributed by atoms with Gasteiger partial charge in [0.15, 0.2) is 0 Å². The van der Waals surface area contributed by atoms with E-state index < -0.39 is 0 Å². The smallest absolute Gasteiger partial charge is 0.145 e. The fraction of sp³-hybridized carbons (Fsp3) is 0. The van der Waals surface area contributed by atoms with Crippen molar-refractivity contribution in [3.63, 3.8) is 0 Å². The summed E-state index contributed by atoms with van der Waals surface area (Å²) in [5, 5.41) is 4.81. The molecule has 0 saturated carbocycles. The van der Waals surface area contributed by atoms with Gasteiger partial charge >= 0.3 is 0 Å². The van der Waals surface area contributed by atoms with E-state index in [0.717, 1.165) is 39.1 Å². The Kier molecular flexibility index (Phi) is 8.20. The maximum Gasteiger partial charge on any atom is 0.145 e. The van der Waals surface area contributed by atoms with Crippen LogP contribution in [0.25, 0.3) is 71.9 Å². The van der Waals surface area contributed by atoms with Gasteiger partial charge in [-0.2, -0.15) is 0 Å². The Labute approximate surface area is 320 Å². The quantitative estimate of drug-likeness (QED) is 0.120. The van der Waals surface area contributed by atoms with Crippen LogP contribution in [0, 0.1) is 0 Å². The monoisotopic (exact) mass is 700 g/mol. The van der Waals surface area contributed by atoms with Crippen LogP contribution in [0.1, 0.15) is 22.3 Å². The Morgan fingerprint density at radius 3 is 1.20 bits per heavy atom. The lowest BCUT2D eigenvalue weighted by Crippen LogP contribution is -1.98. The van der Waals surface area contributed by atoms with Crippen LogP contribution in [0.5, 0.6) is 0 Å². The second kappa shape index (κ2) is 13.9. The average molecular weight is 701 g/mol. The number of hydrogen-bond donors (Lipinski definition) is 0. The van der Waals surface area contributed by atoms with Gasteiger partial charge in [0, 0.05) is 22.0 Å². The fourth-order valence-corrected chi connectivity index (χ4v) is 8.10. The van der Waals surface area contributed by atoms with Gasteiger partial charge in [-0.3, -0.25) is 4.57 Å². The molecule has 10 rings (SSSR count). The minimum absolute atomic E-state index is 0.932. The van der Waals surface area contributed by atoms with Crippen LogP contribution in [0.2, 0.25) is 0 Å². The van der Waals surface area contributed by atoms with Crippen molar-refractivity contribution in [3.8, 4) is 28.2 Å². The number of rotatable bonds is 7. The summed E-state index contributed by atoms with van der Waals surface area (Å²) in [6, 6.07) is 78.1. The van der Waals surface area contributed by atoms with Crippen LogP contribution in [0.3, 0.4) is 0 Å². The maximum absolute atomic E-state index is 5.39. The molecule has 2 heteroatoms. The van der Waals surface area contributed by atoms with Crippen LogP contribution in [-0.4, -0.2) is 9.55 Å². The summed E-state index contributed by atoms with van der Waals surface area (Å²) in [4.78, 5) is 5.39. The van der Waals surface area contributed by atoms with E-state index in [0.29, 0.717) is 0 Å². The Morgan fingerprint density at radius 2 is 0.691 bits per heavy atom. The van der Waals surface area contributed by atoms with E-state index in [1.807, 2.05) is 0 Å². The highest BCUT2D eigenvalue weighted by Crippen LogP contribution is 2.40. The molecule has 0 atom stereocenters. The number of imidazole rings is 1. The first-order valence-electron chi connectivity index (χ1n) is 18.8. The topological polar surface area (TPSA) is 17.8 Å². The molecule has 9 aromatic carbocycles. The lowest BCUT2D eigenvalue weighted by molar-refractivity contribution is 1.11. The van der Waals surface area contributed by atoms with Crippen molar-refractivity contribution < 1.29 is 0 Å². The number of fused-ring (bicyclic) bond motifs is 6. The molecule has 0 aliphatic carbocycles. The Balaban J connectivity index is 1.11. The molecule has 258 valence electrons. The zero-order chi connectivity index (χ0) is 36.6. The zero-order valence-corrected chi connectivity index (χ0v) is 30.2. The lowest BCUT2D eigenvalue weighted by atomic mass is 9.85. The fourth-order valence-electron chi connectivity index (χ4n) is 8.10. The molecule has 0 fully saturated rings. The van der Waals surface area contributed by atoms with Crippen molar-refractivity contribution in [1.82, 2.24) is 9.55 Å². The summed E-state index contributed by atoms with van der Waals surface area (Å²) in [5.41, 5.74) is 13.8. The van der Waals surface area contributed by atoms with Gasteiger partial charge in [0.2, 0.25) is 0 Å². The highest BCUT2D eigenvalue weighted by molar-refractivity contribution is 6.24. The number of benzene rings is 9. The molecule has 1 heterocycles. The first kappa shape index (κ1) is 32.4. The molecular weight excluding hydrogens is 665 g/mol. The molecule has 0 saturated heterocycles. The number of aromatic nitrogens is 2. The van der Waals surface area contributed by atoms with Gasteiger partial charge in [0.1, 0.15) is 5.82 Å². The molecule has 0 N–H and O–H groups in total. The zero-order valence-electron chi connectivity index (χ0n) is 30.2. The van der Waals surface area contributed by atoms with E-state index in [-0.39, 0.29) is 0 Å². The van der Waals surface area contributed by atoms with Crippen LogP contribution < -0.4 is 0 Å². The first-order chi connectivity index (χ1) is 27.3. The van der Waals surface area contributed by atoms with Crippen molar-refractivity contribution in [2.75, 3.05) is 0 Å². The molecule has 0 aliphatic heterocycles. The molecule has 0 radical (unpaired) electrons. The third-order valence-electron chi connectivity index (χ3n) is 10.6. The summed E-state index contributed by atoms with van der Waals surface area (Å²) in [7, 11) is 0. The van der Waals surface area contributed by atoms with Crippen LogP contribution >= 0.6 is 0 Å². The van der Waals surface area contributed by atoms with Gasteiger partial charge in [-0.1, -0.05) is 206 Å². The molecule has 0 spiro atoms. The average Bonchev–Trinajstić information content (AvgIpc) is 3.68. The molecule has 0 bridgehead atoms. The molecule has 2 nitrogen and oxygen atoms in total. The summed E-state index contributed by atoms with van der Waals surface area (Å²) < 4.78 is 2.35. The Morgan fingerprint density at radius 1 is 0.309 bits per heavy atom. The summed E-state index contributed by atoms with van der Waals surface area (Å²) >= 11 is 0. The first-order valence-corrected chi connectivity index (χ1v) is 18.8. The molecule has 0 amide bonds. The van der Waals surface area contributed by atoms with E-state index in [1.165, 1.54) is 55.1 Å². The largest absolute Gasteiger partial charge is 0.292 e. The number of nitrogens with zero attached hydrogens (tertiary/aromatic N) is 2. The summed E-state index contributed by atoms with van der Waals surface area (Å²) in [5.74, 6) is 0.932. The molecule has 0 aliphatic rings. The molecule has 1 aromatic heterocycles. The van der Waals surface area contributed by atoms with Crippen molar-refractivity contribution >= 4 is 43.7 Å². The van der Waals surface area contributed by atoms with E-state index in [9.17, 15) is 0 Å². The number of hydrogen-bond acceptors (Lipinski definition) is 1. The summed E-state index contributed by atoms with van der Waals surface area (Å²) in [6.45, 7) is 0. The van der Waals surface area contributed by atoms with E-state index >= 15 is 0 Å². The predicted molar refractivity (Wildman–Crippen MR) is 231 cm³/mol. The van der Waals surface area contributed by atoms with Gasteiger partial charge in [-0.05, 0) is 67.4 Å². The van der Waals surface area contributed by atoms with Crippen LogP contribution in [0.15, 0.2) is 218 Å². The minimum Gasteiger partial charge on any atom is -0.292 e. The molecule has 10 aromatic rings. The van der Waals surface area contributed by atoms with Gasteiger partial charge in [-0.15, -0.1) is 0 Å². The van der Waals surface area contributed by atoms with E-state index in [2.05, 4.69) is 223 Å². The van der Waals surface area contributed by atoms with Crippen molar-refractivity contribution in [3.05, 3.63) is 241 Å². The normalized spacial score (nSPS) is 11.3. The van der Waals surface area contributed by atoms with E-state index in [1.54, 1.807) is 0 Å². The highest BCUT2D eigenvalue weighted by Gasteiger charge is 2.20. The SMILES string of the molecule is c1ccc(C(=C(c2ccccc2)c2ccc(-c3ccc(-n4c(-c5ccccc5)nc5c6ccccc6c6ccccc6c54)cc3)cc2)c2ccccc2)cc1. The molecule has 55 heavy (non-hydrogen) atoms. The predicted octanol–water partition coefficient (Wildman–Crippen LogP) is 13.7. The second-order valence-corrected chi connectivity index (χ2v) is 13.9.